The van der Waals surface area contributed by atoms with Crippen LogP contribution >= 0.6 is 0 Å². The fourth-order valence-electron chi connectivity index (χ4n) is 2.50. The van der Waals surface area contributed by atoms with Crippen LogP contribution in [-0.4, -0.2) is 42.2 Å². The normalized spacial score (nSPS) is 32.1. The van der Waals surface area contributed by atoms with Gasteiger partial charge in [-0.1, -0.05) is 0 Å². The zero-order valence-electron chi connectivity index (χ0n) is 8.49. The molecule has 0 spiro atoms. The number of ether oxygens (including phenoxy) is 1. The second-order valence-electron chi connectivity index (χ2n) is 3.97. The highest BCUT2D eigenvalue weighted by Crippen LogP contribution is 2.37. The number of hydrogen-bond acceptors (Lipinski definition) is 4. The van der Waals surface area contributed by atoms with E-state index < -0.39 is 0 Å². The molecule has 2 bridgehead atoms. The van der Waals surface area contributed by atoms with Crippen molar-refractivity contribution in [3.05, 3.63) is 11.3 Å². The number of esters is 1. The van der Waals surface area contributed by atoms with Crippen LogP contribution in [0.1, 0.15) is 19.3 Å². The maximum absolute atomic E-state index is 11.4. The molecule has 2 rings (SSSR count). The molecule has 0 saturated carbocycles. The molecule has 4 nitrogen and oxygen atoms in total. The minimum atomic E-state index is -0.389. The first-order chi connectivity index (χ1) is 6.65. The summed E-state index contributed by atoms with van der Waals surface area (Å²) in [6.07, 6.45) is 2.57. The quantitative estimate of drug-likeness (QED) is 0.633. The van der Waals surface area contributed by atoms with Crippen LogP contribution in [0.4, 0.5) is 0 Å². The molecule has 2 atom stereocenters. The molecule has 0 amide bonds. The van der Waals surface area contributed by atoms with E-state index in [1.807, 2.05) is 7.05 Å². The summed E-state index contributed by atoms with van der Waals surface area (Å²) in [6, 6.07) is 0.453. The smallest absolute Gasteiger partial charge is 0.338 e. The number of aliphatic hydroxyl groups is 1. The molecule has 2 aliphatic rings. The number of fused-ring (bicyclic) bond motifs is 2. The van der Waals surface area contributed by atoms with E-state index in [1.54, 1.807) is 0 Å². The Hall–Kier alpha value is -1.03. The fraction of sp³-hybridized carbons (Fsp3) is 0.700. The second kappa shape index (κ2) is 3.28. The lowest BCUT2D eigenvalue weighted by atomic mass is 10.0. The van der Waals surface area contributed by atoms with Gasteiger partial charge in [0.25, 0.3) is 0 Å². The number of rotatable bonds is 1. The molecule has 0 aromatic carbocycles. The summed E-state index contributed by atoms with van der Waals surface area (Å²) in [4.78, 5) is 13.6. The van der Waals surface area contributed by atoms with Gasteiger partial charge in [-0.15, -0.1) is 0 Å². The summed E-state index contributed by atoms with van der Waals surface area (Å²) < 4.78 is 4.68. The average Bonchev–Trinajstić information content (AvgIpc) is 2.42. The summed E-state index contributed by atoms with van der Waals surface area (Å²) in [6.45, 7) is 0. The predicted octanol–water partition coefficient (Wildman–Crippen LogP) is 0.838. The largest absolute Gasteiger partial charge is 0.512 e. The van der Waals surface area contributed by atoms with Crippen LogP contribution in [0, 0.1) is 0 Å². The minimum absolute atomic E-state index is 0.0567. The molecule has 0 radical (unpaired) electrons. The van der Waals surface area contributed by atoms with Gasteiger partial charge in [0.15, 0.2) is 0 Å². The lowest BCUT2D eigenvalue weighted by Crippen LogP contribution is -2.40. The number of nitrogens with zero attached hydrogens (tertiary/aromatic N) is 1. The van der Waals surface area contributed by atoms with Gasteiger partial charge in [0.2, 0.25) is 0 Å². The zero-order chi connectivity index (χ0) is 10.3. The molecule has 0 aromatic rings. The zero-order valence-corrected chi connectivity index (χ0v) is 8.49. The van der Waals surface area contributed by atoms with Crippen molar-refractivity contribution in [1.29, 1.82) is 0 Å². The lowest BCUT2D eigenvalue weighted by molar-refractivity contribution is -0.137. The summed E-state index contributed by atoms with van der Waals surface area (Å²) >= 11 is 0. The molecular formula is C10H15NO3. The summed E-state index contributed by atoms with van der Waals surface area (Å²) in [5.74, 6) is -0.165. The van der Waals surface area contributed by atoms with Crippen LogP contribution < -0.4 is 0 Å². The number of hydrogen-bond donors (Lipinski definition) is 1. The van der Waals surface area contributed by atoms with E-state index in [2.05, 4.69) is 9.64 Å². The van der Waals surface area contributed by atoms with Crippen molar-refractivity contribution in [2.45, 2.75) is 31.3 Å². The van der Waals surface area contributed by atoms with Gasteiger partial charge in [0.05, 0.1) is 12.7 Å². The number of likely N-dealkylation sites (N-methyl/N-ethyl adjacent to an activating group) is 1. The molecule has 14 heavy (non-hydrogen) atoms. The standard InChI is InChI=1S/C10H15NO3/c1-11-6-3-4-7(11)9(8(12)5-6)10(13)14-2/h6-7,12H,3-5H2,1-2H3/t6-,7+/m0/s1. The molecular weight excluding hydrogens is 182 g/mol. The molecule has 78 valence electrons. The first-order valence-electron chi connectivity index (χ1n) is 4.87. The van der Waals surface area contributed by atoms with Gasteiger partial charge in [-0.3, -0.25) is 4.90 Å². The minimum Gasteiger partial charge on any atom is -0.512 e. The fourth-order valence-corrected chi connectivity index (χ4v) is 2.50. The van der Waals surface area contributed by atoms with Gasteiger partial charge in [-0.25, -0.2) is 4.79 Å². The number of aliphatic hydroxyl groups excluding tert-OH is 1. The van der Waals surface area contributed by atoms with Gasteiger partial charge in [0, 0.05) is 18.5 Å². The van der Waals surface area contributed by atoms with Crippen molar-refractivity contribution in [3.63, 3.8) is 0 Å². The molecule has 0 aromatic heterocycles. The van der Waals surface area contributed by atoms with Crippen LogP contribution in [0.25, 0.3) is 0 Å². The maximum atomic E-state index is 11.4. The van der Waals surface area contributed by atoms with Crippen molar-refractivity contribution < 1.29 is 14.6 Å². The van der Waals surface area contributed by atoms with Crippen LogP contribution in [-0.2, 0) is 9.53 Å². The highest BCUT2D eigenvalue weighted by Gasteiger charge is 2.42. The van der Waals surface area contributed by atoms with Crippen LogP contribution in [0.5, 0.6) is 0 Å². The first-order valence-corrected chi connectivity index (χ1v) is 4.87. The number of carbonyl (C=O) groups is 1. The van der Waals surface area contributed by atoms with Crippen LogP contribution in [0.15, 0.2) is 11.3 Å². The Morgan fingerprint density at radius 2 is 2.29 bits per heavy atom. The Kier molecular flexibility index (Phi) is 2.23. The SMILES string of the molecule is COC(=O)C1=C(O)C[C@@H]2CC[C@H]1N2C. The summed E-state index contributed by atoms with van der Waals surface area (Å²) in [7, 11) is 3.35. The van der Waals surface area contributed by atoms with E-state index >= 15 is 0 Å². The Morgan fingerprint density at radius 3 is 2.93 bits per heavy atom. The van der Waals surface area contributed by atoms with Gasteiger partial charge in [0.1, 0.15) is 5.76 Å². The third-order valence-electron chi connectivity index (χ3n) is 3.32. The topological polar surface area (TPSA) is 49.8 Å². The van der Waals surface area contributed by atoms with Gasteiger partial charge in [-0.05, 0) is 19.9 Å². The monoisotopic (exact) mass is 197 g/mol. The molecule has 1 fully saturated rings. The van der Waals surface area contributed by atoms with E-state index in [-0.39, 0.29) is 17.8 Å². The number of methoxy groups -OCH3 is 1. The highest BCUT2D eigenvalue weighted by atomic mass is 16.5. The van der Waals surface area contributed by atoms with E-state index in [0.717, 1.165) is 12.8 Å². The summed E-state index contributed by atoms with van der Waals surface area (Å²) in [5, 5.41) is 9.72. The number of carbonyl (C=O) groups excluding carboxylic acids is 1. The molecule has 1 N–H and O–H groups in total. The van der Waals surface area contributed by atoms with Crippen molar-refractivity contribution in [2.24, 2.45) is 0 Å². The van der Waals surface area contributed by atoms with Crippen molar-refractivity contribution in [1.82, 2.24) is 4.90 Å². The third kappa shape index (κ3) is 1.21. The van der Waals surface area contributed by atoms with E-state index in [4.69, 9.17) is 0 Å². The molecule has 2 heterocycles. The molecule has 0 aliphatic carbocycles. The Morgan fingerprint density at radius 1 is 1.57 bits per heavy atom. The molecule has 0 unspecified atom stereocenters. The maximum Gasteiger partial charge on any atom is 0.338 e. The third-order valence-corrected chi connectivity index (χ3v) is 3.32. The van der Waals surface area contributed by atoms with E-state index in [1.165, 1.54) is 7.11 Å². The van der Waals surface area contributed by atoms with Gasteiger partial charge < -0.3 is 9.84 Å². The molecule has 4 heteroatoms. The average molecular weight is 197 g/mol. The Labute approximate surface area is 83.2 Å². The Bertz CT molecular complexity index is 298. The van der Waals surface area contributed by atoms with Crippen molar-refractivity contribution >= 4 is 5.97 Å². The van der Waals surface area contributed by atoms with Crippen molar-refractivity contribution in [2.75, 3.05) is 14.2 Å². The van der Waals surface area contributed by atoms with E-state index in [9.17, 15) is 9.90 Å². The van der Waals surface area contributed by atoms with Crippen LogP contribution in [0.2, 0.25) is 0 Å². The Balaban J connectivity index is 2.33. The van der Waals surface area contributed by atoms with Crippen molar-refractivity contribution in [3.8, 4) is 0 Å². The summed E-state index contributed by atoms with van der Waals surface area (Å²) in [5.41, 5.74) is 0.462. The highest BCUT2D eigenvalue weighted by molar-refractivity contribution is 5.90. The molecule has 1 saturated heterocycles. The lowest BCUT2D eigenvalue weighted by Gasteiger charge is -2.31. The van der Waals surface area contributed by atoms with Crippen LogP contribution in [0.3, 0.4) is 0 Å². The first kappa shape index (κ1) is 9.52. The molecule has 2 aliphatic heterocycles. The van der Waals surface area contributed by atoms with E-state index in [0.29, 0.717) is 18.0 Å². The van der Waals surface area contributed by atoms with Gasteiger partial charge in [-0.2, -0.15) is 0 Å². The predicted molar refractivity (Wildman–Crippen MR) is 50.9 cm³/mol. The second-order valence-corrected chi connectivity index (χ2v) is 3.97. The van der Waals surface area contributed by atoms with Gasteiger partial charge >= 0.3 is 5.97 Å².